The summed E-state index contributed by atoms with van der Waals surface area (Å²) < 4.78 is 26.4. The van der Waals surface area contributed by atoms with E-state index >= 15 is 0 Å². The Morgan fingerprint density at radius 2 is 1.95 bits per heavy atom. The second-order valence-electron chi connectivity index (χ2n) is 5.99. The number of aliphatic hydroxyl groups is 1. The lowest BCUT2D eigenvalue weighted by Crippen LogP contribution is -2.37. The highest BCUT2D eigenvalue weighted by atomic mass is 31.2. The number of aliphatic hydroxyl groups excluding tert-OH is 1. The maximum absolute atomic E-state index is 11.5. The van der Waals surface area contributed by atoms with Crippen LogP contribution >= 0.6 is 7.82 Å². The highest BCUT2D eigenvalue weighted by Crippen LogP contribution is 2.38. The second-order valence-corrected chi connectivity index (χ2v) is 7.40. The Balaban J connectivity index is 4.13. The largest absolute Gasteiger partial charge is 0.756 e. The fourth-order valence-corrected chi connectivity index (χ4v) is 2.06. The SMILES string of the molecule is CCCCC(=O)O[C@@H](CO)COP(=O)([O-])OCC[N+](C)(C)C. The maximum atomic E-state index is 11.5. The molecule has 0 fully saturated rings. The molecule has 0 aromatic heterocycles. The molecule has 132 valence electrons. The lowest BCUT2D eigenvalue weighted by Gasteiger charge is -2.28. The number of nitrogens with zero attached hydrogens (tertiary/aromatic N) is 1. The minimum atomic E-state index is -4.47. The van der Waals surface area contributed by atoms with Crippen molar-refractivity contribution in [3.05, 3.63) is 0 Å². The monoisotopic (exact) mass is 341 g/mol. The summed E-state index contributed by atoms with van der Waals surface area (Å²) in [5, 5.41) is 9.09. The van der Waals surface area contributed by atoms with Crippen LogP contribution in [0.25, 0.3) is 0 Å². The van der Waals surface area contributed by atoms with E-state index in [4.69, 9.17) is 14.4 Å². The van der Waals surface area contributed by atoms with E-state index in [0.29, 0.717) is 17.4 Å². The van der Waals surface area contributed by atoms with Crippen LogP contribution in [0.15, 0.2) is 0 Å². The zero-order valence-corrected chi connectivity index (χ0v) is 14.7. The molecule has 8 nitrogen and oxygen atoms in total. The topological polar surface area (TPSA) is 105 Å². The lowest BCUT2D eigenvalue weighted by molar-refractivity contribution is -0.870. The summed E-state index contributed by atoms with van der Waals surface area (Å²) in [5.41, 5.74) is 0. The summed E-state index contributed by atoms with van der Waals surface area (Å²) in [4.78, 5) is 23.0. The summed E-state index contributed by atoms with van der Waals surface area (Å²) >= 11 is 0. The van der Waals surface area contributed by atoms with Crippen LogP contribution in [0, 0.1) is 0 Å². The molecule has 0 aromatic rings. The van der Waals surface area contributed by atoms with Gasteiger partial charge >= 0.3 is 5.97 Å². The molecule has 0 aliphatic carbocycles. The van der Waals surface area contributed by atoms with Crippen LogP contribution in [0.3, 0.4) is 0 Å². The van der Waals surface area contributed by atoms with Crippen molar-refractivity contribution in [2.75, 3.05) is 47.5 Å². The van der Waals surface area contributed by atoms with E-state index in [1.807, 2.05) is 28.1 Å². The first-order valence-corrected chi connectivity index (χ1v) is 8.76. The minimum Gasteiger partial charge on any atom is -0.756 e. The third kappa shape index (κ3) is 12.1. The molecule has 1 N–H and O–H groups in total. The van der Waals surface area contributed by atoms with Crippen molar-refractivity contribution in [1.82, 2.24) is 0 Å². The zero-order chi connectivity index (χ0) is 17.2. The fraction of sp³-hybridized carbons (Fsp3) is 0.923. The fourth-order valence-electron chi connectivity index (χ4n) is 1.33. The van der Waals surface area contributed by atoms with Crippen molar-refractivity contribution in [2.24, 2.45) is 0 Å². The number of ether oxygens (including phenoxy) is 1. The Labute approximate surface area is 132 Å². The van der Waals surface area contributed by atoms with Crippen molar-refractivity contribution < 1.29 is 37.6 Å². The van der Waals surface area contributed by atoms with Gasteiger partial charge in [-0.25, -0.2) is 0 Å². The molecule has 9 heteroatoms. The number of rotatable bonds is 12. The number of hydrogen-bond acceptors (Lipinski definition) is 7. The average molecular weight is 341 g/mol. The molecule has 0 aliphatic heterocycles. The van der Waals surface area contributed by atoms with Crippen molar-refractivity contribution in [3.63, 3.8) is 0 Å². The van der Waals surface area contributed by atoms with Gasteiger partial charge in [-0.3, -0.25) is 9.36 Å². The summed E-state index contributed by atoms with van der Waals surface area (Å²) in [6.07, 6.45) is 0.716. The third-order valence-corrected chi connectivity index (χ3v) is 3.63. The third-order valence-electron chi connectivity index (χ3n) is 2.67. The van der Waals surface area contributed by atoms with E-state index in [1.54, 1.807) is 0 Å². The number of likely N-dealkylation sites (N-methyl/N-ethyl adjacent to an activating group) is 1. The van der Waals surface area contributed by atoms with Crippen LogP contribution in [0.1, 0.15) is 26.2 Å². The van der Waals surface area contributed by atoms with Gasteiger partial charge in [-0.15, -0.1) is 0 Å². The van der Waals surface area contributed by atoms with E-state index in [0.717, 1.165) is 6.42 Å². The van der Waals surface area contributed by atoms with Gasteiger partial charge in [-0.05, 0) is 6.42 Å². The summed E-state index contributed by atoms with van der Waals surface area (Å²) in [6.45, 7) is 1.44. The van der Waals surface area contributed by atoms with Gasteiger partial charge in [-0.1, -0.05) is 13.3 Å². The summed E-state index contributed by atoms with van der Waals surface area (Å²) in [7, 11) is 1.23. The first kappa shape index (κ1) is 21.5. The summed E-state index contributed by atoms with van der Waals surface area (Å²) in [5.74, 6) is -0.490. The van der Waals surface area contributed by atoms with E-state index in [9.17, 15) is 14.3 Å². The Morgan fingerprint density at radius 3 is 2.45 bits per heavy atom. The van der Waals surface area contributed by atoms with Gasteiger partial charge in [0.15, 0.2) is 0 Å². The molecule has 0 spiro atoms. The number of phosphoric ester groups is 1. The molecule has 0 amide bonds. The minimum absolute atomic E-state index is 0.00957. The van der Waals surface area contributed by atoms with Crippen molar-refractivity contribution >= 4 is 13.8 Å². The number of esters is 1. The van der Waals surface area contributed by atoms with Gasteiger partial charge in [0.25, 0.3) is 7.82 Å². The number of phosphoric acid groups is 1. The molecule has 0 rings (SSSR count). The Hall–Kier alpha value is -0.500. The number of hydrogen-bond donors (Lipinski definition) is 1. The van der Waals surface area contributed by atoms with Crippen molar-refractivity contribution in [1.29, 1.82) is 0 Å². The molecule has 0 aliphatic rings. The molecule has 0 heterocycles. The van der Waals surface area contributed by atoms with Gasteiger partial charge < -0.3 is 28.3 Å². The molecule has 0 aromatic carbocycles. The maximum Gasteiger partial charge on any atom is 0.306 e. The first-order valence-electron chi connectivity index (χ1n) is 7.30. The van der Waals surface area contributed by atoms with Crippen molar-refractivity contribution in [3.8, 4) is 0 Å². The van der Waals surface area contributed by atoms with Crippen LogP contribution in [0.4, 0.5) is 0 Å². The summed E-state index contributed by atoms with van der Waals surface area (Å²) in [6, 6.07) is 0. The smallest absolute Gasteiger partial charge is 0.306 e. The molecule has 0 saturated carbocycles. The van der Waals surface area contributed by atoms with Crippen LogP contribution in [0.2, 0.25) is 0 Å². The highest BCUT2D eigenvalue weighted by Gasteiger charge is 2.19. The van der Waals surface area contributed by atoms with Gasteiger partial charge in [-0.2, -0.15) is 0 Å². The lowest BCUT2D eigenvalue weighted by atomic mass is 10.2. The first-order chi connectivity index (χ1) is 10.1. The quantitative estimate of drug-likeness (QED) is 0.309. The predicted octanol–water partition coefficient (Wildman–Crippen LogP) is 0.289. The van der Waals surface area contributed by atoms with E-state index in [-0.39, 0.29) is 13.0 Å². The number of quaternary nitrogens is 1. The molecular formula is C13H28NO7P. The predicted molar refractivity (Wildman–Crippen MR) is 78.9 cm³/mol. The van der Waals surface area contributed by atoms with Crippen molar-refractivity contribution in [2.45, 2.75) is 32.3 Å². The molecule has 0 radical (unpaired) electrons. The van der Waals surface area contributed by atoms with E-state index in [2.05, 4.69) is 4.52 Å². The normalized spacial score (nSPS) is 16.1. The standard InChI is InChI=1S/C13H28NO7P/c1-5-6-7-13(16)21-12(10-15)11-20-22(17,18)19-9-8-14(2,3)4/h12,15H,5-11H2,1-4H3/t12-/m0/s1. The van der Waals surface area contributed by atoms with E-state index < -0.39 is 33.1 Å². The van der Waals surface area contributed by atoms with Crippen LogP contribution < -0.4 is 4.89 Å². The molecule has 0 bridgehead atoms. The molecular weight excluding hydrogens is 313 g/mol. The number of carbonyl (C=O) groups excluding carboxylic acids is 1. The average Bonchev–Trinajstić information content (AvgIpc) is 2.39. The Bertz CT molecular complexity index is 370. The van der Waals surface area contributed by atoms with Gasteiger partial charge in [0.1, 0.15) is 19.3 Å². The Morgan fingerprint density at radius 1 is 1.32 bits per heavy atom. The van der Waals surface area contributed by atoms with E-state index in [1.165, 1.54) is 0 Å². The molecule has 1 unspecified atom stereocenters. The number of unbranched alkanes of at least 4 members (excludes halogenated alkanes) is 1. The number of carbonyl (C=O) groups is 1. The zero-order valence-electron chi connectivity index (χ0n) is 13.8. The molecule has 0 saturated heterocycles. The van der Waals surface area contributed by atoms with Gasteiger partial charge in [0.2, 0.25) is 0 Å². The molecule has 2 atom stereocenters. The highest BCUT2D eigenvalue weighted by molar-refractivity contribution is 7.45. The van der Waals surface area contributed by atoms with Crippen LogP contribution in [0.5, 0.6) is 0 Å². The van der Waals surface area contributed by atoms with Crippen LogP contribution in [-0.4, -0.2) is 69.2 Å². The van der Waals surface area contributed by atoms with Crippen LogP contribution in [-0.2, 0) is 23.1 Å². The second kappa shape index (κ2) is 10.3. The van der Waals surface area contributed by atoms with Gasteiger partial charge in [0, 0.05) is 6.42 Å². The Kier molecular flexibility index (Phi) is 10.1. The van der Waals surface area contributed by atoms with Gasteiger partial charge in [0.05, 0.1) is 34.4 Å². The molecule has 22 heavy (non-hydrogen) atoms.